The topological polar surface area (TPSA) is 81.2 Å². The van der Waals surface area contributed by atoms with Gasteiger partial charge in [-0.1, -0.05) is 5.16 Å². The van der Waals surface area contributed by atoms with Crippen LogP contribution in [0.3, 0.4) is 0 Å². The minimum absolute atomic E-state index is 0.00705. The van der Waals surface area contributed by atoms with Crippen LogP contribution in [0.4, 0.5) is 14.5 Å². The van der Waals surface area contributed by atoms with Crippen molar-refractivity contribution in [3.05, 3.63) is 57.5 Å². The van der Waals surface area contributed by atoms with Gasteiger partial charge in [-0.05, 0) is 0 Å². The molecule has 1 heterocycles. The number of nitro benzene ring substituents is 1. The molecule has 0 saturated carbocycles. The fourth-order valence-corrected chi connectivity index (χ4v) is 1.51. The number of halogens is 2. The molecule has 0 fully saturated rings. The average molecular weight is 269 g/mol. The Morgan fingerprint density at radius 3 is 2.74 bits per heavy atom. The van der Waals surface area contributed by atoms with Crippen molar-refractivity contribution in [1.29, 1.82) is 0 Å². The quantitative estimate of drug-likeness (QED) is 0.664. The van der Waals surface area contributed by atoms with E-state index in [1.165, 1.54) is 6.20 Å². The normalized spacial score (nSPS) is 10.6. The van der Waals surface area contributed by atoms with E-state index in [0.29, 0.717) is 11.8 Å². The third kappa shape index (κ3) is 3.10. The Balaban J connectivity index is 2.07. The number of nitro groups is 1. The predicted molar refractivity (Wildman–Crippen MR) is 60.1 cm³/mol. The highest BCUT2D eigenvalue weighted by Crippen LogP contribution is 2.21. The van der Waals surface area contributed by atoms with Crippen LogP contribution in [-0.2, 0) is 13.1 Å². The van der Waals surface area contributed by atoms with Crippen LogP contribution in [-0.4, -0.2) is 10.1 Å². The average Bonchev–Trinajstić information content (AvgIpc) is 2.84. The lowest BCUT2D eigenvalue weighted by molar-refractivity contribution is -0.387. The van der Waals surface area contributed by atoms with Crippen molar-refractivity contribution in [2.24, 2.45) is 0 Å². The Morgan fingerprint density at radius 1 is 1.32 bits per heavy atom. The van der Waals surface area contributed by atoms with Crippen LogP contribution in [0.1, 0.15) is 11.3 Å². The molecule has 0 aliphatic rings. The summed E-state index contributed by atoms with van der Waals surface area (Å²) in [5.41, 5.74) is -0.745. The van der Waals surface area contributed by atoms with Gasteiger partial charge in [-0.25, -0.2) is 4.39 Å². The van der Waals surface area contributed by atoms with Gasteiger partial charge in [-0.2, -0.15) is 4.39 Å². The largest absolute Gasteiger partial charge is 0.360 e. The van der Waals surface area contributed by atoms with Gasteiger partial charge in [-0.15, -0.1) is 0 Å². The van der Waals surface area contributed by atoms with Gasteiger partial charge in [0.1, 0.15) is 11.6 Å². The summed E-state index contributed by atoms with van der Waals surface area (Å²) in [6.07, 6.45) is 1.46. The molecule has 0 aliphatic carbocycles. The maximum atomic E-state index is 13.4. The minimum Gasteiger partial charge on any atom is -0.360 e. The molecule has 1 aromatic carbocycles. The zero-order valence-electron chi connectivity index (χ0n) is 9.60. The number of aromatic nitrogens is 1. The Hall–Kier alpha value is -2.35. The SMILES string of the molecule is O=[N+]([O-])c1cc(CNCc2ccno2)c(F)cc1F. The van der Waals surface area contributed by atoms with E-state index in [9.17, 15) is 18.9 Å². The van der Waals surface area contributed by atoms with Gasteiger partial charge in [0.25, 0.3) is 0 Å². The molecular weight excluding hydrogens is 260 g/mol. The number of nitrogens with one attached hydrogen (secondary N) is 1. The van der Waals surface area contributed by atoms with Gasteiger partial charge >= 0.3 is 5.69 Å². The second-order valence-electron chi connectivity index (χ2n) is 3.73. The molecule has 1 aromatic heterocycles. The van der Waals surface area contributed by atoms with Crippen molar-refractivity contribution in [1.82, 2.24) is 10.5 Å². The summed E-state index contributed by atoms with van der Waals surface area (Å²) < 4.78 is 31.3. The second kappa shape index (κ2) is 5.53. The molecule has 0 spiro atoms. The number of rotatable bonds is 5. The Labute approximate surface area is 106 Å². The highest BCUT2D eigenvalue weighted by atomic mass is 19.1. The third-order valence-corrected chi connectivity index (χ3v) is 2.42. The molecule has 100 valence electrons. The lowest BCUT2D eigenvalue weighted by Crippen LogP contribution is -2.14. The van der Waals surface area contributed by atoms with Gasteiger partial charge in [0.2, 0.25) is 5.82 Å². The van der Waals surface area contributed by atoms with Gasteiger partial charge in [0.05, 0.1) is 17.7 Å². The molecule has 0 saturated heterocycles. The fourth-order valence-electron chi connectivity index (χ4n) is 1.51. The van der Waals surface area contributed by atoms with Crippen molar-refractivity contribution < 1.29 is 18.2 Å². The Morgan fingerprint density at radius 2 is 2.11 bits per heavy atom. The zero-order valence-corrected chi connectivity index (χ0v) is 9.60. The first-order valence-corrected chi connectivity index (χ1v) is 5.30. The molecule has 0 atom stereocenters. The summed E-state index contributed by atoms with van der Waals surface area (Å²) in [4.78, 5) is 9.65. The smallest absolute Gasteiger partial charge is 0.305 e. The molecule has 2 rings (SSSR count). The van der Waals surface area contributed by atoms with Crippen LogP contribution in [0.25, 0.3) is 0 Å². The van der Waals surface area contributed by atoms with E-state index in [2.05, 4.69) is 10.5 Å². The van der Waals surface area contributed by atoms with Crippen LogP contribution in [0.5, 0.6) is 0 Å². The van der Waals surface area contributed by atoms with E-state index in [4.69, 9.17) is 4.52 Å². The van der Waals surface area contributed by atoms with E-state index in [0.717, 1.165) is 6.07 Å². The standard InChI is InChI=1S/C11H9F2N3O3/c12-9-4-10(13)11(16(17)18)3-7(9)5-14-6-8-1-2-15-19-8/h1-4,14H,5-6H2. The van der Waals surface area contributed by atoms with Crippen LogP contribution in [0.2, 0.25) is 0 Å². The minimum atomic E-state index is -1.19. The molecule has 1 N–H and O–H groups in total. The molecule has 0 unspecified atom stereocenters. The third-order valence-electron chi connectivity index (χ3n) is 2.42. The van der Waals surface area contributed by atoms with Gasteiger partial charge in [-0.3, -0.25) is 10.1 Å². The molecule has 0 bridgehead atoms. The summed E-state index contributed by atoms with van der Waals surface area (Å²) in [6, 6.07) is 3.00. The van der Waals surface area contributed by atoms with Crippen molar-refractivity contribution in [2.75, 3.05) is 0 Å². The molecule has 0 aliphatic heterocycles. The number of hydrogen-bond donors (Lipinski definition) is 1. The molecule has 8 heteroatoms. The lowest BCUT2D eigenvalue weighted by atomic mass is 10.1. The summed E-state index contributed by atoms with van der Waals surface area (Å²) in [5.74, 6) is -1.49. The molecular formula is C11H9F2N3O3. The highest BCUT2D eigenvalue weighted by molar-refractivity contribution is 5.37. The summed E-state index contributed by atoms with van der Waals surface area (Å²) >= 11 is 0. The lowest BCUT2D eigenvalue weighted by Gasteiger charge is -2.05. The summed E-state index contributed by atoms with van der Waals surface area (Å²) in [6.45, 7) is 0.290. The van der Waals surface area contributed by atoms with Crippen molar-refractivity contribution >= 4 is 5.69 Å². The Kier molecular flexibility index (Phi) is 3.81. The molecule has 19 heavy (non-hydrogen) atoms. The highest BCUT2D eigenvalue weighted by Gasteiger charge is 2.18. The molecule has 2 aromatic rings. The van der Waals surface area contributed by atoms with E-state index < -0.39 is 22.2 Å². The van der Waals surface area contributed by atoms with Crippen LogP contribution >= 0.6 is 0 Å². The van der Waals surface area contributed by atoms with Crippen molar-refractivity contribution in [2.45, 2.75) is 13.1 Å². The van der Waals surface area contributed by atoms with Crippen LogP contribution in [0, 0.1) is 21.7 Å². The predicted octanol–water partition coefficient (Wildman–Crippen LogP) is 2.15. The van der Waals surface area contributed by atoms with Gasteiger partial charge in [0.15, 0.2) is 0 Å². The first-order chi connectivity index (χ1) is 9.08. The van der Waals surface area contributed by atoms with E-state index in [-0.39, 0.29) is 18.7 Å². The first kappa shape index (κ1) is 13.1. The van der Waals surface area contributed by atoms with Gasteiger partial charge in [0, 0.05) is 30.3 Å². The monoisotopic (exact) mass is 269 g/mol. The van der Waals surface area contributed by atoms with Crippen molar-refractivity contribution in [3.8, 4) is 0 Å². The zero-order chi connectivity index (χ0) is 13.8. The molecule has 0 radical (unpaired) electrons. The maximum Gasteiger partial charge on any atom is 0.305 e. The number of hydrogen-bond acceptors (Lipinski definition) is 5. The second-order valence-corrected chi connectivity index (χ2v) is 3.73. The van der Waals surface area contributed by atoms with Gasteiger partial charge < -0.3 is 9.84 Å². The van der Waals surface area contributed by atoms with E-state index in [1.807, 2.05) is 0 Å². The van der Waals surface area contributed by atoms with Crippen LogP contribution < -0.4 is 5.32 Å². The van der Waals surface area contributed by atoms with E-state index >= 15 is 0 Å². The van der Waals surface area contributed by atoms with Crippen molar-refractivity contribution in [3.63, 3.8) is 0 Å². The molecule has 0 amide bonds. The summed E-state index contributed by atoms with van der Waals surface area (Å²) in [7, 11) is 0. The van der Waals surface area contributed by atoms with Crippen LogP contribution in [0.15, 0.2) is 28.9 Å². The first-order valence-electron chi connectivity index (χ1n) is 5.30. The molecule has 6 nitrogen and oxygen atoms in total. The summed E-state index contributed by atoms with van der Waals surface area (Å²) in [5, 5.41) is 16.8. The Bertz CT molecular complexity index is 587. The van der Waals surface area contributed by atoms with E-state index in [1.54, 1.807) is 6.07 Å². The number of benzene rings is 1. The fraction of sp³-hybridized carbons (Fsp3) is 0.182. The number of nitrogens with zero attached hydrogens (tertiary/aromatic N) is 2. The maximum absolute atomic E-state index is 13.4.